The summed E-state index contributed by atoms with van der Waals surface area (Å²) in [5, 5.41) is 11.2. The van der Waals surface area contributed by atoms with Gasteiger partial charge in [0.2, 0.25) is 5.91 Å². The average Bonchev–Trinajstić information content (AvgIpc) is 2.80. The van der Waals surface area contributed by atoms with Crippen LogP contribution in [0.1, 0.15) is 36.6 Å². The van der Waals surface area contributed by atoms with Gasteiger partial charge in [-0.2, -0.15) is 0 Å². The van der Waals surface area contributed by atoms with Gasteiger partial charge in [-0.1, -0.05) is 12.1 Å². The van der Waals surface area contributed by atoms with Crippen molar-refractivity contribution in [2.75, 3.05) is 0 Å². The van der Waals surface area contributed by atoms with Crippen molar-refractivity contribution in [1.29, 1.82) is 0 Å². The molecule has 3 amide bonds. The van der Waals surface area contributed by atoms with Crippen molar-refractivity contribution in [3.63, 3.8) is 0 Å². The molecular weight excluding hydrogens is 314 g/mol. The predicted octanol–water partition coefficient (Wildman–Crippen LogP) is 1.49. The molecule has 0 unspecified atom stereocenters. The van der Waals surface area contributed by atoms with Gasteiger partial charge in [0.15, 0.2) is 0 Å². The smallest absolute Gasteiger partial charge is 0.274 e. The molecule has 0 saturated carbocycles. The second kappa shape index (κ2) is 5.58. The van der Waals surface area contributed by atoms with Crippen molar-refractivity contribution in [1.82, 2.24) is 4.90 Å². The minimum Gasteiger partial charge on any atom is -0.366 e. The van der Waals surface area contributed by atoms with Crippen LogP contribution in [0.2, 0.25) is 0 Å². The van der Waals surface area contributed by atoms with Gasteiger partial charge in [0.1, 0.15) is 0 Å². The lowest BCUT2D eigenvalue weighted by molar-refractivity contribution is -0.385. The third-order valence-electron chi connectivity index (χ3n) is 3.77. The van der Waals surface area contributed by atoms with Crippen LogP contribution >= 0.6 is 0 Å². The number of fused-ring (bicyclic) bond motifs is 1. The van der Waals surface area contributed by atoms with Crippen molar-refractivity contribution in [3.8, 4) is 0 Å². The number of nitrogens with two attached hydrogens (primary N) is 1. The number of nitro benzene ring substituents is 1. The molecule has 24 heavy (non-hydrogen) atoms. The monoisotopic (exact) mass is 325 g/mol. The molecule has 0 aromatic heterocycles. The Bertz CT molecular complexity index is 871. The van der Waals surface area contributed by atoms with Gasteiger partial charge >= 0.3 is 0 Å². The molecule has 0 spiro atoms. The first-order chi connectivity index (χ1) is 11.4. The second-order valence-corrected chi connectivity index (χ2v) is 5.21. The van der Waals surface area contributed by atoms with Gasteiger partial charge in [-0.05, 0) is 24.3 Å². The van der Waals surface area contributed by atoms with Crippen LogP contribution in [0.15, 0.2) is 42.5 Å². The first kappa shape index (κ1) is 15.3. The van der Waals surface area contributed by atoms with Gasteiger partial charge in [0.25, 0.3) is 17.5 Å². The van der Waals surface area contributed by atoms with Crippen LogP contribution in [0, 0.1) is 10.1 Å². The van der Waals surface area contributed by atoms with Crippen LogP contribution in [-0.2, 0) is 6.54 Å². The van der Waals surface area contributed by atoms with Crippen molar-refractivity contribution in [3.05, 3.63) is 74.8 Å². The lowest BCUT2D eigenvalue weighted by Gasteiger charge is -2.14. The highest BCUT2D eigenvalue weighted by Crippen LogP contribution is 2.27. The molecular formula is C16H11N3O5. The quantitative estimate of drug-likeness (QED) is 0.518. The number of amides is 3. The maximum Gasteiger partial charge on any atom is 0.274 e. The highest BCUT2D eigenvalue weighted by atomic mass is 16.6. The summed E-state index contributed by atoms with van der Waals surface area (Å²) in [5.41, 5.74) is 5.51. The molecule has 120 valence electrons. The Morgan fingerprint density at radius 3 is 2.17 bits per heavy atom. The Morgan fingerprint density at radius 2 is 1.67 bits per heavy atom. The summed E-state index contributed by atoms with van der Waals surface area (Å²) in [4.78, 5) is 47.4. The van der Waals surface area contributed by atoms with Crippen LogP contribution in [0.4, 0.5) is 5.69 Å². The standard InChI is InChI=1S/C16H11N3O5/c17-14(20)9-5-6-13(19(23)24)10(7-9)8-18-15(21)11-3-1-2-4-12(11)16(18)22/h1-7H,8H2,(H2,17,20). The molecule has 8 heteroatoms. The summed E-state index contributed by atoms with van der Waals surface area (Å²) in [6.45, 7) is -0.316. The maximum atomic E-state index is 12.4. The lowest BCUT2D eigenvalue weighted by Crippen LogP contribution is -2.29. The van der Waals surface area contributed by atoms with Crippen molar-refractivity contribution in [2.45, 2.75) is 6.54 Å². The van der Waals surface area contributed by atoms with E-state index >= 15 is 0 Å². The first-order valence-corrected chi connectivity index (χ1v) is 6.92. The van der Waals surface area contributed by atoms with Crippen molar-refractivity contribution in [2.24, 2.45) is 5.73 Å². The third kappa shape index (κ3) is 2.39. The summed E-state index contributed by atoms with van der Waals surface area (Å²) in [6.07, 6.45) is 0. The largest absolute Gasteiger partial charge is 0.366 e. The van der Waals surface area contributed by atoms with E-state index in [1.54, 1.807) is 12.1 Å². The summed E-state index contributed by atoms with van der Waals surface area (Å²) >= 11 is 0. The molecule has 0 bridgehead atoms. The van der Waals surface area contributed by atoms with Gasteiger partial charge in [-0.25, -0.2) is 0 Å². The molecule has 0 aliphatic carbocycles. The lowest BCUT2D eigenvalue weighted by atomic mass is 10.1. The van der Waals surface area contributed by atoms with E-state index < -0.39 is 22.6 Å². The first-order valence-electron chi connectivity index (χ1n) is 6.92. The van der Waals surface area contributed by atoms with E-state index in [1.807, 2.05) is 0 Å². The number of hydrogen-bond acceptors (Lipinski definition) is 5. The van der Waals surface area contributed by atoms with E-state index in [1.165, 1.54) is 24.3 Å². The predicted molar refractivity (Wildman–Crippen MR) is 82.3 cm³/mol. The number of carbonyl (C=O) groups excluding carboxylic acids is 3. The number of carbonyl (C=O) groups is 3. The molecule has 2 aromatic rings. The van der Waals surface area contributed by atoms with Gasteiger partial charge in [-0.3, -0.25) is 29.4 Å². The van der Waals surface area contributed by atoms with Gasteiger partial charge in [0, 0.05) is 11.6 Å². The number of nitrogens with zero attached hydrogens (tertiary/aromatic N) is 2. The van der Waals surface area contributed by atoms with Gasteiger partial charge in [0.05, 0.1) is 28.2 Å². The zero-order chi connectivity index (χ0) is 17.4. The van der Waals surface area contributed by atoms with E-state index in [9.17, 15) is 24.5 Å². The van der Waals surface area contributed by atoms with E-state index in [4.69, 9.17) is 5.73 Å². The molecule has 1 aliphatic rings. The molecule has 8 nitrogen and oxygen atoms in total. The fraction of sp³-hybridized carbons (Fsp3) is 0.0625. The van der Waals surface area contributed by atoms with Crippen molar-refractivity contribution >= 4 is 23.4 Å². The Kier molecular flexibility index (Phi) is 3.57. The normalized spacial score (nSPS) is 13.1. The Labute approximate surface area is 135 Å². The van der Waals surface area contributed by atoms with E-state index in [0.717, 1.165) is 11.0 Å². The fourth-order valence-electron chi connectivity index (χ4n) is 2.60. The molecule has 1 aliphatic heterocycles. The minimum atomic E-state index is -0.756. The van der Waals surface area contributed by atoms with E-state index in [-0.39, 0.29) is 34.5 Å². The van der Waals surface area contributed by atoms with Crippen molar-refractivity contribution < 1.29 is 19.3 Å². The van der Waals surface area contributed by atoms with Crippen LogP contribution in [-0.4, -0.2) is 27.5 Å². The zero-order valence-corrected chi connectivity index (χ0v) is 12.3. The van der Waals surface area contributed by atoms with E-state index in [0.29, 0.717) is 0 Å². The van der Waals surface area contributed by atoms with Crippen LogP contribution in [0.3, 0.4) is 0 Å². The summed E-state index contributed by atoms with van der Waals surface area (Å²) in [5.74, 6) is -1.82. The number of benzene rings is 2. The molecule has 3 rings (SSSR count). The molecule has 0 atom stereocenters. The second-order valence-electron chi connectivity index (χ2n) is 5.21. The number of nitro groups is 1. The fourth-order valence-corrected chi connectivity index (χ4v) is 2.60. The number of primary amides is 1. The molecule has 2 aromatic carbocycles. The van der Waals surface area contributed by atoms with Gasteiger partial charge in [-0.15, -0.1) is 0 Å². The molecule has 0 fully saturated rings. The SMILES string of the molecule is NC(=O)c1ccc([N+](=O)[O-])c(CN2C(=O)c3ccccc3C2=O)c1. The molecule has 2 N–H and O–H groups in total. The number of rotatable bonds is 4. The summed E-state index contributed by atoms with van der Waals surface area (Å²) < 4.78 is 0. The minimum absolute atomic E-state index is 0.0609. The Balaban J connectivity index is 2.01. The van der Waals surface area contributed by atoms with Gasteiger partial charge < -0.3 is 5.73 Å². The zero-order valence-electron chi connectivity index (χ0n) is 12.3. The average molecular weight is 325 g/mol. The van der Waals surface area contributed by atoms with Crippen LogP contribution in [0.25, 0.3) is 0 Å². The Hall–Kier alpha value is -3.55. The highest BCUT2D eigenvalue weighted by Gasteiger charge is 2.36. The molecule has 1 heterocycles. The van der Waals surface area contributed by atoms with Crippen LogP contribution < -0.4 is 5.73 Å². The summed E-state index contributed by atoms with van der Waals surface area (Å²) in [6, 6.07) is 9.88. The topological polar surface area (TPSA) is 124 Å². The van der Waals surface area contributed by atoms with E-state index in [2.05, 4.69) is 0 Å². The molecule has 0 saturated heterocycles. The molecule has 0 radical (unpaired) electrons. The number of hydrogen-bond donors (Lipinski definition) is 1. The van der Waals surface area contributed by atoms with Crippen LogP contribution in [0.5, 0.6) is 0 Å². The summed E-state index contributed by atoms with van der Waals surface area (Å²) in [7, 11) is 0. The maximum absolute atomic E-state index is 12.4. The highest BCUT2D eigenvalue weighted by molar-refractivity contribution is 6.21. The number of imide groups is 1. The third-order valence-corrected chi connectivity index (χ3v) is 3.77. The Morgan fingerprint density at radius 1 is 1.08 bits per heavy atom.